The van der Waals surface area contributed by atoms with E-state index in [1.54, 1.807) is 19.3 Å². The molecule has 2 N–H and O–H groups in total. The van der Waals surface area contributed by atoms with Gasteiger partial charge in [0.15, 0.2) is 0 Å². The number of methoxy groups -OCH3 is 1. The summed E-state index contributed by atoms with van der Waals surface area (Å²) in [6.07, 6.45) is 5.55. The number of rotatable bonds is 5. The largest absolute Gasteiger partial charge is 0.467 e. The molecule has 3 rings (SSSR count). The number of carbonyl (C=O) groups excluding carboxylic acids is 2. The number of H-pyrrole nitrogens is 1. The molecule has 1 unspecified atom stereocenters. The lowest BCUT2D eigenvalue weighted by molar-refractivity contribution is -0.151. The summed E-state index contributed by atoms with van der Waals surface area (Å²) in [6, 6.07) is 3.75. The average Bonchev–Trinajstić information content (AvgIpc) is 3.30. The van der Waals surface area contributed by atoms with Crippen LogP contribution in [-0.4, -0.2) is 34.5 Å². The molecule has 0 spiro atoms. The number of nitrogens with zero attached hydrogens (tertiary/aromatic N) is 1. The summed E-state index contributed by atoms with van der Waals surface area (Å²) in [5.41, 5.74) is 0.683. The van der Waals surface area contributed by atoms with E-state index < -0.39 is 5.54 Å². The summed E-state index contributed by atoms with van der Waals surface area (Å²) < 4.78 is 4.85. The molecule has 0 radical (unpaired) electrons. The number of aromatic amines is 1. The number of esters is 1. The maximum Gasteiger partial charge on any atom is 0.331 e. The van der Waals surface area contributed by atoms with Gasteiger partial charge in [-0.15, -0.1) is 0 Å². The number of aromatic nitrogens is 2. The lowest BCUT2D eigenvalue weighted by Gasteiger charge is -2.27. The Morgan fingerprint density at radius 1 is 1.50 bits per heavy atom. The van der Waals surface area contributed by atoms with Crippen LogP contribution >= 0.6 is 0 Å². The van der Waals surface area contributed by atoms with Gasteiger partial charge >= 0.3 is 5.97 Å². The molecular weight excluding hydrogens is 282 g/mol. The zero-order valence-corrected chi connectivity index (χ0v) is 12.7. The van der Waals surface area contributed by atoms with Gasteiger partial charge in [0.2, 0.25) is 5.91 Å². The Morgan fingerprint density at radius 3 is 2.95 bits per heavy atom. The molecule has 2 heterocycles. The lowest BCUT2D eigenvalue weighted by Crippen LogP contribution is -2.55. The maximum atomic E-state index is 12.4. The minimum atomic E-state index is -0.934. The van der Waals surface area contributed by atoms with Gasteiger partial charge in [-0.2, -0.15) is 0 Å². The van der Waals surface area contributed by atoms with Crippen molar-refractivity contribution in [2.75, 3.05) is 7.11 Å². The third kappa shape index (κ3) is 2.56. The first kappa shape index (κ1) is 14.6. The van der Waals surface area contributed by atoms with Crippen molar-refractivity contribution in [1.29, 1.82) is 0 Å². The third-order valence-corrected chi connectivity index (χ3v) is 4.29. The van der Waals surface area contributed by atoms with E-state index in [9.17, 15) is 9.59 Å². The van der Waals surface area contributed by atoms with E-state index in [0.717, 1.165) is 29.4 Å². The van der Waals surface area contributed by atoms with Gasteiger partial charge in [0.25, 0.3) is 0 Å². The molecule has 0 saturated heterocycles. The minimum absolute atomic E-state index is 0.161. The Hall–Kier alpha value is -2.37. The summed E-state index contributed by atoms with van der Waals surface area (Å²) in [7, 11) is 1.35. The van der Waals surface area contributed by atoms with Crippen molar-refractivity contribution in [2.45, 2.75) is 31.7 Å². The van der Waals surface area contributed by atoms with Crippen molar-refractivity contribution in [1.82, 2.24) is 15.3 Å². The van der Waals surface area contributed by atoms with Crippen LogP contribution < -0.4 is 5.32 Å². The molecule has 22 heavy (non-hydrogen) atoms. The Balaban J connectivity index is 1.75. The van der Waals surface area contributed by atoms with Crippen LogP contribution in [0.5, 0.6) is 0 Å². The van der Waals surface area contributed by atoms with Gasteiger partial charge in [-0.05, 0) is 43.4 Å². The van der Waals surface area contributed by atoms with E-state index in [0.29, 0.717) is 0 Å². The normalized spacial score (nSPS) is 17.0. The molecule has 1 aliphatic rings. The minimum Gasteiger partial charge on any atom is -0.467 e. The van der Waals surface area contributed by atoms with Crippen molar-refractivity contribution < 1.29 is 14.3 Å². The highest BCUT2D eigenvalue weighted by Crippen LogP contribution is 2.40. The van der Waals surface area contributed by atoms with Crippen molar-refractivity contribution in [2.24, 2.45) is 5.92 Å². The number of pyridine rings is 1. The zero-order chi connectivity index (χ0) is 15.7. The van der Waals surface area contributed by atoms with E-state index >= 15 is 0 Å². The molecule has 1 saturated carbocycles. The van der Waals surface area contributed by atoms with Crippen molar-refractivity contribution in [3.63, 3.8) is 0 Å². The van der Waals surface area contributed by atoms with E-state index in [1.165, 1.54) is 7.11 Å². The quantitative estimate of drug-likeness (QED) is 0.821. The standard InChI is InChI=1S/C16H19N3O3/c1-16(11-5-6-11,15(21)22-2)19-13(20)8-10-9-18-14-12(10)4-3-7-17-14/h3-4,7,9,11H,5-6,8H2,1-2H3,(H,17,18)(H,19,20). The first-order valence-electron chi connectivity index (χ1n) is 7.35. The van der Waals surface area contributed by atoms with Crippen LogP contribution in [-0.2, 0) is 20.7 Å². The third-order valence-electron chi connectivity index (χ3n) is 4.29. The molecule has 1 atom stereocenters. The maximum absolute atomic E-state index is 12.4. The number of ether oxygens (including phenoxy) is 1. The van der Waals surface area contributed by atoms with Crippen LogP contribution in [0.25, 0.3) is 11.0 Å². The van der Waals surface area contributed by atoms with Crippen LogP contribution in [0.4, 0.5) is 0 Å². The fourth-order valence-electron chi connectivity index (χ4n) is 2.86. The SMILES string of the molecule is COC(=O)C(C)(NC(=O)Cc1c[nH]c2ncccc12)C1CC1. The molecule has 116 valence electrons. The molecular formula is C16H19N3O3. The van der Waals surface area contributed by atoms with Gasteiger partial charge in [-0.25, -0.2) is 9.78 Å². The van der Waals surface area contributed by atoms with Crippen LogP contribution in [0.2, 0.25) is 0 Å². The van der Waals surface area contributed by atoms with Crippen LogP contribution in [0.1, 0.15) is 25.3 Å². The molecule has 0 bridgehead atoms. The van der Waals surface area contributed by atoms with Gasteiger partial charge in [-0.1, -0.05) is 0 Å². The number of nitrogens with one attached hydrogen (secondary N) is 2. The topological polar surface area (TPSA) is 84.1 Å². The predicted octanol–water partition coefficient (Wildman–Crippen LogP) is 1.56. The zero-order valence-electron chi connectivity index (χ0n) is 12.7. The molecule has 0 aliphatic heterocycles. The van der Waals surface area contributed by atoms with E-state index in [-0.39, 0.29) is 24.2 Å². The molecule has 1 amide bonds. The second-order valence-corrected chi connectivity index (χ2v) is 5.91. The molecule has 6 nitrogen and oxygen atoms in total. The van der Waals surface area contributed by atoms with Gasteiger partial charge in [0, 0.05) is 17.8 Å². The lowest BCUT2D eigenvalue weighted by atomic mass is 9.95. The number of carbonyl (C=O) groups is 2. The first-order chi connectivity index (χ1) is 10.5. The Labute approximate surface area is 128 Å². The second kappa shape index (κ2) is 5.44. The summed E-state index contributed by atoms with van der Waals surface area (Å²) >= 11 is 0. The summed E-state index contributed by atoms with van der Waals surface area (Å²) in [5.74, 6) is -0.415. The second-order valence-electron chi connectivity index (χ2n) is 5.91. The fourth-order valence-corrected chi connectivity index (χ4v) is 2.86. The van der Waals surface area contributed by atoms with E-state index in [4.69, 9.17) is 4.74 Å². The highest BCUT2D eigenvalue weighted by Gasteiger charge is 2.49. The highest BCUT2D eigenvalue weighted by molar-refractivity contribution is 5.91. The van der Waals surface area contributed by atoms with Crippen molar-refractivity contribution >= 4 is 22.9 Å². The molecule has 6 heteroatoms. The monoisotopic (exact) mass is 301 g/mol. The van der Waals surface area contributed by atoms with Gasteiger partial charge in [0.1, 0.15) is 11.2 Å². The number of hydrogen-bond donors (Lipinski definition) is 2. The van der Waals surface area contributed by atoms with Crippen LogP contribution in [0, 0.1) is 5.92 Å². The van der Waals surface area contributed by atoms with Crippen molar-refractivity contribution in [3.05, 3.63) is 30.1 Å². The van der Waals surface area contributed by atoms with E-state index in [2.05, 4.69) is 15.3 Å². The van der Waals surface area contributed by atoms with Crippen LogP contribution in [0.3, 0.4) is 0 Å². The Bertz CT molecular complexity index is 720. The first-order valence-corrected chi connectivity index (χ1v) is 7.35. The summed E-state index contributed by atoms with van der Waals surface area (Å²) in [6.45, 7) is 1.74. The summed E-state index contributed by atoms with van der Waals surface area (Å²) in [4.78, 5) is 31.6. The van der Waals surface area contributed by atoms with Gasteiger partial charge in [0.05, 0.1) is 13.5 Å². The van der Waals surface area contributed by atoms with Crippen molar-refractivity contribution in [3.8, 4) is 0 Å². The van der Waals surface area contributed by atoms with Gasteiger partial charge < -0.3 is 15.0 Å². The molecule has 2 aromatic rings. The Morgan fingerprint density at radius 2 is 2.27 bits per heavy atom. The molecule has 2 aromatic heterocycles. The smallest absolute Gasteiger partial charge is 0.331 e. The Kier molecular flexibility index (Phi) is 3.60. The molecule has 0 aromatic carbocycles. The number of fused-ring (bicyclic) bond motifs is 1. The van der Waals surface area contributed by atoms with Gasteiger partial charge in [-0.3, -0.25) is 4.79 Å². The highest BCUT2D eigenvalue weighted by atomic mass is 16.5. The molecule has 1 fully saturated rings. The number of hydrogen-bond acceptors (Lipinski definition) is 4. The molecule has 1 aliphatic carbocycles. The average molecular weight is 301 g/mol. The predicted molar refractivity (Wildman–Crippen MR) is 81.1 cm³/mol. The van der Waals surface area contributed by atoms with E-state index in [1.807, 2.05) is 12.1 Å². The van der Waals surface area contributed by atoms with Crippen LogP contribution in [0.15, 0.2) is 24.5 Å². The fraction of sp³-hybridized carbons (Fsp3) is 0.438. The summed E-state index contributed by atoms with van der Waals surface area (Å²) in [5, 5.41) is 3.78. The number of amides is 1.